The molecule has 0 saturated carbocycles. The smallest absolute Gasteiger partial charge is 0.496 e. The van der Waals surface area contributed by atoms with Crippen LogP contribution >= 0.6 is 11.8 Å². The summed E-state index contributed by atoms with van der Waals surface area (Å²) in [7, 11) is -2.24. The third-order valence-corrected chi connectivity index (χ3v) is 10.8. The van der Waals surface area contributed by atoms with Crippen LogP contribution in [0.5, 0.6) is 11.5 Å². The Morgan fingerprint density at radius 2 is 1.70 bits per heavy atom. The molecule has 16 heteroatoms. The minimum atomic E-state index is -4.86. The van der Waals surface area contributed by atoms with Crippen LogP contribution in [0, 0.1) is 0 Å². The molecule has 0 amide bonds. The SMILES string of the molecule is COc1ccc2ccccc2c1-c1cc(CSc2nnc(-c3cccc(S(=O)(=O)N4CCOCC4)c3)n2-c2ccc(OC(F)(F)F)cc2)on1. The van der Waals surface area contributed by atoms with Crippen molar-refractivity contribution >= 4 is 32.6 Å². The molecule has 258 valence electrons. The minimum absolute atomic E-state index is 0.0626. The van der Waals surface area contributed by atoms with Crippen molar-refractivity contribution in [2.45, 2.75) is 22.2 Å². The van der Waals surface area contributed by atoms with E-state index in [4.69, 9.17) is 14.0 Å². The molecule has 1 saturated heterocycles. The second kappa shape index (κ2) is 13.8. The number of alkyl halides is 3. The number of sulfonamides is 1. The average Bonchev–Trinajstić information content (AvgIpc) is 3.78. The Labute approximate surface area is 288 Å². The van der Waals surface area contributed by atoms with Crippen LogP contribution in [0.15, 0.2) is 106 Å². The molecule has 1 aliphatic heterocycles. The van der Waals surface area contributed by atoms with Crippen LogP contribution in [0.25, 0.3) is 39.1 Å². The van der Waals surface area contributed by atoms with E-state index in [1.165, 1.54) is 52.5 Å². The van der Waals surface area contributed by atoms with Crippen LogP contribution in [-0.2, 0) is 20.5 Å². The summed E-state index contributed by atoms with van der Waals surface area (Å²) in [4.78, 5) is 0.0626. The molecular formula is C34H28F3N5O6S2. The number of nitrogens with zero attached hydrogens (tertiary/aromatic N) is 5. The van der Waals surface area contributed by atoms with Gasteiger partial charge in [-0.05, 0) is 53.2 Å². The third-order valence-electron chi connectivity index (χ3n) is 7.93. The van der Waals surface area contributed by atoms with Gasteiger partial charge in [0.1, 0.15) is 23.0 Å². The van der Waals surface area contributed by atoms with Crippen molar-refractivity contribution in [3.8, 4) is 39.8 Å². The van der Waals surface area contributed by atoms with E-state index in [1.54, 1.807) is 23.8 Å². The molecule has 0 spiro atoms. The van der Waals surface area contributed by atoms with Gasteiger partial charge in [-0.1, -0.05) is 59.4 Å². The number of thioether (sulfide) groups is 1. The van der Waals surface area contributed by atoms with Crippen LogP contribution < -0.4 is 9.47 Å². The van der Waals surface area contributed by atoms with Gasteiger partial charge in [0.2, 0.25) is 10.0 Å². The maximum atomic E-state index is 13.5. The highest BCUT2D eigenvalue weighted by Crippen LogP contribution is 2.38. The topological polar surface area (TPSA) is 122 Å². The zero-order chi connectivity index (χ0) is 34.9. The summed E-state index contributed by atoms with van der Waals surface area (Å²) >= 11 is 1.25. The molecule has 0 aliphatic carbocycles. The molecule has 0 radical (unpaired) electrons. The van der Waals surface area contributed by atoms with E-state index in [9.17, 15) is 21.6 Å². The van der Waals surface area contributed by atoms with Crippen molar-refractivity contribution in [1.29, 1.82) is 0 Å². The predicted molar refractivity (Wildman–Crippen MR) is 179 cm³/mol. The Morgan fingerprint density at radius 3 is 2.46 bits per heavy atom. The molecular weight excluding hydrogens is 696 g/mol. The highest BCUT2D eigenvalue weighted by atomic mass is 32.2. The molecule has 0 bridgehead atoms. The quantitative estimate of drug-likeness (QED) is 0.137. The lowest BCUT2D eigenvalue weighted by Gasteiger charge is -2.26. The number of morpholine rings is 1. The number of hydrogen-bond acceptors (Lipinski definition) is 10. The summed E-state index contributed by atoms with van der Waals surface area (Å²) in [6, 6.07) is 25.0. The fourth-order valence-electron chi connectivity index (χ4n) is 5.63. The summed E-state index contributed by atoms with van der Waals surface area (Å²) < 4.78 is 89.3. The number of ether oxygens (including phenoxy) is 3. The van der Waals surface area contributed by atoms with E-state index >= 15 is 0 Å². The molecule has 1 fully saturated rings. The van der Waals surface area contributed by atoms with Gasteiger partial charge in [0.15, 0.2) is 11.0 Å². The van der Waals surface area contributed by atoms with Crippen LogP contribution in [0.3, 0.4) is 0 Å². The minimum Gasteiger partial charge on any atom is -0.496 e. The maximum absolute atomic E-state index is 13.5. The molecule has 7 rings (SSSR count). The van der Waals surface area contributed by atoms with Gasteiger partial charge in [-0.15, -0.1) is 23.4 Å². The van der Waals surface area contributed by atoms with Gasteiger partial charge in [-0.3, -0.25) is 4.57 Å². The average molecular weight is 724 g/mol. The van der Waals surface area contributed by atoms with Gasteiger partial charge < -0.3 is 18.7 Å². The largest absolute Gasteiger partial charge is 0.573 e. The second-order valence-electron chi connectivity index (χ2n) is 11.1. The Kier molecular flexibility index (Phi) is 9.26. The van der Waals surface area contributed by atoms with E-state index < -0.39 is 22.1 Å². The standard InChI is InChI=1S/C34H28F3N5O6S2/c1-45-30-14-9-22-5-2-3-8-28(22)31(30)29-20-26(48-40-29)21-49-33-39-38-32(42(33)24-10-12-25(13-11-24)47-34(35,36)37)23-6-4-7-27(19-23)50(43,44)41-15-17-46-18-16-41/h2-14,19-20H,15-18,21H2,1H3. The Bertz CT molecular complexity index is 2250. The summed E-state index contributed by atoms with van der Waals surface area (Å²) in [5.74, 6) is 1.29. The monoisotopic (exact) mass is 723 g/mol. The molecule has 1 aliphatic rings. The van der Waals surface area contributed by atoms with E-state index in [1.807, 2.05) is 42.5 Å². The molecule has 4 aromatic carbocycles. The lowest BCUT2D eigenvalue weighted by Crippen LogP contribution is -2.40. The Hall–Kier alpha value is -4.90. The van der Waals surface area contributed by atoms with Crippen molar-refractivity contribution in [3.63, 3.8) is 0 Å². The van der Waals surface area contributed by atoms with Crippen LogP contribution in [0.2, 0.25) is 0 Å². The predicted octanol–water partition coefficient (Wildman–Crippen LogP) is 6.96. The van der Waals surface area contributed by atoms with Gasteiger partial charge in [0.25, 0.3) is 0 Å². The number of aromatic nitrogens is 4. The van der Waals surface area contributed by atoms with Gasteiger partial charge in [0.05, 0.1) is 36.5 Å². The third kappa shape index (κ3) is 6.92. The summed E-state index contributed by atoms with van der Waals surface area (Å²) in [5, 5.41) is 15.4. The Morgan fingerprint density at radius 1 is 0.920 bits per heavy atom. The van der Waals surface area contributed by atoms with Crippen molar-refractivity contribution in [2.24, 2.45) is 0 Å². The first-order chi connectivity index (χ1) is 24.1. The number of benzene rings is 4. The zero-order valence-corrected chi connectivity index (χ0v) is 28.0. The first-order valence-corrected chi connectivity index (χ1v) is 17.7. The van der Waals surface area contributed by atoms with Crippen molar-refractivity contribution in [3.05, 3.63) is 96.8 Å². The molecule has 2 aromatic heterocycles. The zero-order valence-electron chi connectivity index (χ0n) is 26.3. The molecule has 0 unspecified atom stereocenters. The summed E-state index contributed by atoms with van der Waals surface area (Å²) in [5.41, 5.74) is 2.21. The van der Waals surface area contributed by atoms with Crippen LogP contribution in [-0.4, -0.2) is 72.4 Å². The molecule has 6 aromatic rings. The van der Waals surface area contributed by atoms with E-state index in [0.717, 1.165) is 16.3 Å². The molecule has 11 nitrogen and oxygen atoms in total. The first-order valence-electron chi connectivity index (χ1n) is 15.3. The fourth-order valence-corrected chi connectivity index (χ4v) is 7.91. The van der Waals surface area contributed by atoms with Gasteiger partial charge in [-0.25, -0.2) is 8.42 Å². The Balaban J connectivity index is 1.23. The van der Waals surface area contributed by atoms with E-state index in [2.05, 4.69) is 20.1 Å². The normalized spacial score (nSPS) is 14.2. The number of hydrogen-bond donors (Lipinski definition) is 0. The maximum Gasteiger partial charge on any atom is 0.573 e. The molecule has 0 atom stereocenters. The lowest BCUT2D eigenvalue weighted by atomic mass is 10.0. The van der Waals surface area contributed by atoms with Crippen LogP contribution in [0.4, 0.5) is 13.2 Å². The molecule has 0 N–H and O–H groups in total. The van der Waals surface area contributed by atoms with Crippen molar-refractivity contribution in [1.82, 2.24) is 24.2 Å². The summed E-state index contributed by atoms with van der Waals surface area (Å²) in [6.07, 6.45) is -4.86. The van der Waals surface area contributed by atoms with Gasteiger partial charge >= 0.3 is 6.36 Å². The highest BCUT2D eigenvalue weighted by Gasteiger charge is 2.31. The number of fused-ring (bicyclic) bond motifs is 1. The van der Waals surface area contributed by atoms with E-state index in [-0.39, 0.29) is 29.6 Å². The van der Waals surface area contributed by atoms with Gasteiger partial charge in [0, 0.05) is 30.4 Å². The first kappa shape index (κ1) is 33.6. The lowest BCUT2D eigenvalue weighted by molar-refractivity contribution is -0.274. The van der Waals surface area contributed by atoms with Crippen LogP contribution in [0.1, 0.15) is 5.76 Å². The summed E-state index contributed by atoms with van der Waals surface area (Å²) in [6.45, 7) is 1.05. The van der Waals surface area contributed by atoms with Crippen molar-refractivity contribution in [2.75, 3.05) is 33.4 Å². The van der Waals surface area contributed by atoms with Gasteiger partial charge in [-0.2, -0.15) is 4.31 Å². The molecule has 50 heavy (non-hydrogen) atoms. The number of rotatable bonds is 10. The number of halogens is 3. The molecule has 3 heterocycles. The van der Waals surface area contributed by atoms with Crippen molar-refractivity contribution < 1.29 is 40.3 Å². The second-order valence-corrected chi connectivity index (χ2v) is 13.9. The highest BCUT2D eigenvalue weighted by molar-refractivity contribution is 7.98. The fraction of sp³-hybridized carbons (Fsp3) is 0.206. The van der Waals surface area contributed by atoms with E-state index in [0.29, 0.717) is 46.8 Å². The number of methoxy groups -OCH3 is 1.